The van der Waals surface area contributed by atoms with Crippen molar-refractivity contribution in [3.05, 3.63) is 59.6 Å². The molecule has 0 aliphatic rings. The summed E-state index contributed by atoms with van der Waals surface area (Å²) < 4.78 is 45.1. The van der Waals surface area contributed by atoms with E-state index in [2.05, 4.69) is 9.97 Å². The molecule has 0 saturated heterocycles. The number of ether oxygens (including phenoxy) is 1. The van der Waals surface area contributed by atoms with Gasteiger partial charge < -0.3 is 15.0 Å². The number of halogens is 4. The molecule has 5 nitrogen and oxygen atoms in total. The molecule has 0 saturated carbocycles. The summed E-state index contributed by atoms with van der Waals surface area (Å²) in [5.74, 6) is 0.325. The number of aromatic nitrogens is 3. The Balaban J connectivity index is 1.86. The Morgan fingerprint density at radius 3 is 2.54 bits per heavy atom. The van der Waals surface area contributed by atoms with Crippen molar-refractivity contribution in [2.75, 3.05) is 5.73 Å². The van der Waals surface area contributed by atoms with E-state index in [0.717, 1.165) is 18.3 Å². The Morgan fingerprint density at radius 2 is 1.92 bits per heavy atom. The molecule has 124 valence electrons. The molecule has 0 atom stereocenters. The van der Waals surface area contributed by atoms with Crippen molar-refractivity contribution in [3.8, 4) is 17.3 Å². The third-order valence-corrected chi connectivity index (χ3v) is 3.39. The Morgan fingerprint density at radius 1 is 1.12 bits per heavy atom. The quantitative estimate of drug-likeness (QED) is 0.761. The van der Waals surface area contributed by atoms with Crippen molar-refractivity contribution in [1.29, 1.82) is 0 Å². The van der Waals surface area contributed by atoms with Gasteiger partial charge in [0.1, 0.15) is 17.9 Å². The average Bonchev–Trinajstić information content (AvgIpc) is 2.95. The van der Waals surface area contributed by atoms with Crippen LogP contribution in [0.4, 0.5) is 19.0 Å². The van der Waals surface area contributed by atoms with E-state index in [0.29, 0.717) is 11.5 Å². The highest BCUT2D eigenvalue weighted by atomic mass is 35.5. The SMILES string of the molecule is Nc1cn(-c2ccc(Oc3cc(C(F)(F)F)ccn3)c(Cl)c2)cn1. The smallest absolute Gasteiger partial charge is 0.416 e. The average molecular weight is 355 g/mol. The number of anilines is 1. The summed E-state index contributed by atoms with van der Waals surface area (Å²) >= 11 is 6.13. The molecule has 2 aromatic heterocycles. The van der Waals surface area contributed by atoms with Crippen LogP contribution in [0, 0.1) is 0 Å². The first kappa shape index (κ1) is 16.1. The third kappa shape index (κ3) is 3.43. The predicted octanol–water partition coefficient (Wildman–Crippen LogP) is 4.31. The molecule has 0 fully saturated rings. The fraction of sp³-hybridized carbons (Fsp3) is 0.0667. The van der Waals surface area contributed by atoms with Gasteiger partial charge >= 0.3 is 6.18 Å². The minimum absolute atomic E-state index is 0.181. The van der Waals surface area contributed by atoms with Crippen LogP contribution in [0.1, 0.15) is 5.56 Å². The number of nitrogens with two attached hydrogens (primary N) is 1. The standard InChI is InChI=1S/C15H10ClF3N4O/c16-11-6-10(23-7-13(20)22-8-23)1-2-12(11)24-14-5-9(3-4-21-14)15(17,18)19/h1-8H,20H2. The first-order valence-electron chi connectivity index (χ1n) is 6.63. The zero-order valence-electron chi connectivity index (χ0n) is 12.0. The van der Waals surface area contributed by atoms with Gasteiger partial charge in [0.2, 0.25) is 5.88 Å². The van der Waals surface area contributed by atoms with Crippen molar-refractivity contribution < 1.29 is 17.9 Å². The monoisotopic (exact) mass is 354 g/mol. The summed E-state index contributed by atoms with van der Waals surface area (Å²) in [6.07, 6.45) is -0.346. The maximum absolute atomic E-state index is 12.7. The van der Waals surface area contributed by atoms with Crippen molar-refractivity contribution in [2.45, 2.75) is 6.18 Å². The molecule has 0 aliphatic heterocycles. The van der Waals surface area contributed by atoms with Gasteiger partial charge in [0.05, 0.1) is 16.8 Å². The number of benzene rings is 1. The Labute approximate surface area is 139 Å². The lowest BCUT2D eigenvalue weighted by molar-refractivity contribution is -0.137. The van der Waals surface area contributed by atoms with E-state index < -0.39 is 11.7 Å². The van der Waals surface area contributed by atoms with Crippen LogP contribution >= 0.6 is 11.6 Å². The maximum Gasteiger partial charge on any atom is 0.416 e. The van der Waals surface area contributed by atoms with Crippen LogP contribution in [-0.4, -0.2) is 14.5 Å². The number of imidazole rings is 1. The topological polar surface area (TPSA) is 66.0 Å². The lowest BCUT2D eigenvalue weighted by Crippen LogP contribution is -2.05. The number of rotatable bonds is 3. The molecule has 0 bridgehead atoms. The van der Waals surface area contributed by atoms with E-state index >= 15 is 0 Å². The molecule has 0 amide bonds. The van der Waals surface area contributed by atoms with Gasteiger partial charge in [0.15, 0.2) is 0 Å². The molecule has 2 heterocycles. The number of alkyl halides is 3. The summed E-state index contributed by atoms with van der Waals surface area (Å²) in [7, 11) is 0. The first-order valence-corrected chi connectivity index (χ1v) is 7.01. The molecule has 3 aromatic rings. The van der Waals surface area contributed by atoms with Crippen molar-refractivity contribution in [3.63, 3.8) is 0 Å². The third-order valence-electron chi connectivity index (χ3n) is 3.09. The minimum atomic E-state index is -4.48. The Kier molecular flexibility index (Phi) is 4.06. The second-order valence-electron chi connectivity index (χ2n) is 4.80. The fourth-order valence-electron chi connectivity index (χ4n) is 1.97. The van der Waals surface area contributed by atoms with Gasteiger partial charge in [-0.3, -0.25) is 0 Å². The van der Waals surface area contributed by atoms with Crippen LogP contribution < -0.4 is 10.5 Å². The van der Waals surface area contributed by atoms with Crippen molar-refractivity contribution in [1.82, 2.24) is 14.5 Å². The van der Waals surface area contributed by atoms with Crippen molar-refractivity contribution in [2.24, 2.45) is 0 Å². The molecular formula is C15H10ClF3N4O. The van der Waals surface area contributed by atoms with Gasteiger partial charge in [-0.25, -0.2) is 9.97 Å². The molecule has 0 radical (unpaired) electrons. The van der Waals surface area contributed by atoms with E-state index in [-0.39, 0.29) is 16.7 Å². The summed E-state index contributed by atoms with van der Waals surface area (Å²) in [5.41, 5.74) is 5.37. The zero-order valence-corrected chi connectivity index (χ0v) is 12.7. The zero-order chi connectivity index (χ0) is 17.3. The lowest BCUT2D eigenvalue weighted by Gasteiger charge is -2.11. The van der Waals surface area contributed by atoms with Gasteiger partial charge in [-0.05, 0) is 24.3 Å². The molecule has 2 N–H and O–H groups in total. The molecule has 0 spiro atoms. The first-order chi connectivity index (χ1) is 11.3. The maximum atomic E-state index is 12.7. The summed E-state index contributed by atoms with van der Waals surface area (Å²) in [6, 6.07) is 6.43. The van der Waals surface area contributed by atoms with Crippen LogP contribution in [0.2, 0.25) is 5.02 Å². The van der Waals surface area contributed by atoms with E-state index in [1.807, 2.05) is 0 Å². The van der Waals surface area contributed by atoms with Crippen LogP contribution in [0.25, 0.3) is 5.69 Å². The second kappa shape index (κ2) is 6.04. The number of hydrogen-bond donors (Lipinski definition) is 1. The Hall–Kier alpha value is -2.74. The van der Waals surface area contributed by atoms with E-state index in [1.165, 1.54) is 12.4 Å². The van der Waals surface area contributed by atoms with E-state index in [1.54, 1.807) is 22.9 Å². The van der Waals surface area contributed by atoms with Gasteiger partial charge in [0.25, 0.3) is 0 Å². The molecule has 0 unspecified atom stereocenters. The van der Waals surface area contributed by atoms with Gasteiger partial charge in [-0.15, -0.1) is 0 Å². The highest BCUT2D eigenvalue weighted by Gasteiger charge is 2.31. The van der Waals surface area contributed by atoms with E-state index in [4.69, 9.17) is 22.1 Å². The van der Waals surface area contributed by atoms with Crippen LogP contribution in [0.5, 0.6) is 11.6 Å². The molecule has 0 aliphatic carbocycles. The predicted molar refractivity (Wildman–Crippen MR) is 82.3 cm³/mol. The van der Waals surface area contributed by atoms with Crippen molar-refractivity contribution >= 4 is 17.4 Å². The molecule has 24 heavy (non-hydrogen) atoms. The highest BCUT2D eigenvalue weighted by molar-refractivity contribution is 6.32. The van der Waals surface area contributed by atoms with Gasteiger partial charge in [-0.2, -0.15) is 13.2 Å². The van der Waals surface area contributed by atoms with Crippen LogP contribution in [0.3, 0.4) is 0 Å². The number of pyridine rings is 1. The van der Waals surface area contributed by atoms with Gasteiger partial charge in [-0.1, -0.05) is 11.6 Å². The molecular weight excluding hydrogens is 345 g/mol. The number of hydrogen-bond acceptors (Lipinski definition) is 4. The minimum Gasteiger partial charge on any atom is -0.437 e. The van der Waals surface area contributed by atoms with E-state index in [9.17, 15) is 13.2 Å². The van der Waals surface area contributed by atoms with Crippen LogP contribution in [0.15, 0.2) is 49.1 Å². The fourth-order valence-corrected chi connectivity index (χ4v) is 2.18. The highest BCUT2D eigenvalue weighted by Crippen LogP contribution is 2.34. The van der Waals surface area contributed by atoms with Crippen LogP contribution in [-0.2, 0) is 6.18 Å². The van der Waals surface area contributed by atoms with Gasteiger partial charge in [0, 0.05) is 18.0 Å². The molecule has 9 heteroatoms. The normalized spacial score (nSPS) is 11.5. The largest absolute Gasteiger partial charge is 0.437 e. The lowest BCUT2D eigenvalue weighted by atomic mass is 10.2. The molecule has 1 aromatic carbocycles. The Bertz CT molecular complexity index is 879. The summed E-state index contributed by atoms with van der Waals surface area (Å²) in [6.45, 7) is 0. The summed E-state index contributed by atoms with van der Waals surface area (Å²) in [5, 5.41) is 0.207. The number of nitrogen functional groups attached to an aromatic ring is 1. The second-order valence-corrected chi connectivity index (χ2v) is 5.21. The molecule has 3 rings (SSSR count). The number of nitrogens with zero attached hydrogens (tertiary/aromatic N) is 3. The summed E-state index contributed by atoms with van der Waals surface area (Å²) in [4.78, 5) is 7.66.